The molecule has 1 aliphatic carbocycles. The van der Waals surface area contributed by atoms with Crippen LogP contribution in [-0.2, 0) is 0 Å². The molecule has 1 heterocycles. The first-order chi connectivity index (χ1) is 9.91. The Kier molecular flexibility index (Phi) is 6.10. The van der Waals surface area contributed by atoms with Gasteiger partial charge in [-0.05, 0) is 70.6 Å². The van der Waals surface area contributed by atoms with Gasteiger partial charge in [-0.2, -0.15) is 0 Å². The Balaban J connectivity index is 1.87. The lowest BCUT2D eigenvalue weighted by Gasteiger charge is -2.43. The first-order valence-corrected chi connectivity index (χ1v) is 9.03. The van der Waals surface area contributed by atoms with Gasteiger partial charge < -0.3 is 15.1 Å². The van der Waals surface area contributed by atoms with Crippen molar-refractivity contribution in [2.45, 2.75) is 65.0 Å². The molecule has 0 aromatic rings. The van der Waals surface area contributed by atoms with Gasteiger partial charge in [0.1, 0.15) is 0 Å². The minimum Gasteiger partial charge on any atom is -0.314 e. The number of nitrogens with one attached hydrogen (secondary N) is 1. The molecule has 1 N–H and O–H groups in total. The van der Waals surface area contributed by atoms with E-state index >= 15 is 0 Å². The minimum absolute atomic E-state index is 0.529. The third-order valence-electron chi connectivity index (χ3n) is 5.72. The zero-order valence-electron chi connectivity index (χ0n) is 15.0. The second-order valence-electron chi connectivity index (χ2n) is 8.33. The molecule has 0 amide bonds. The maximum absolute atomic E-state index is 3.74. The van der Waals surface area contributed by atoms with Crippen LogP contribution in [0, 0.1) is 11.3 Å². The lowest BCUT2D eigenvalue weighted by atomic mass is 9.69. The van der Waals surface area contributed by atoms with Crippen molar-refractivity contribution in [1.29, 1.82) is 0 Å². The Hall–Kier alpha value is -0.120. The van der Waals surface area contributed by atoms with Crippen LogP contribution >= 0.6 is 0 Å². The number of likely N-dealkylation sites (N-methyl/N-ethyl adjacent to an activating group) is 2. The van der Waals surface area contributed by atoms with Crippen molar-refractivity contribution in [2.75, 3.05) is 40.3 Å². The van der Waals surface area contributed by atoms with Gasteiger partial charge in [-0.25, -0.2) is 0 Å². The fraction of sp³-hybridized carbons (Fsp3) is 1.00. The molecule has 0 aromatic carbocycles. The average Bonchev–Trinajstić information content (AvgIpc) is 2.78. The van der Waals surface area contributed by atoms with E-state index < -0.39 is 0 Å². The van der Waals surface area contributed by atoms with E-state index in [4.69, 9.17) is 0 Å². The second-order valence-corrected chi connectivity index (χ2v) is 8.33. The molecule has 3 atom stereocenters. The lowest BCUT2D eigenvalue weighted by Crippen LogP contribution is -2.48. The summed E-state index contributed by atoms with van der Waals surface area (Å²) in [6, 6.07) is 1.51. The van der Waals surface area contributed by atoms with Crippen LogP contribution in [0.2, 0.25) is 0 Å². The highest BCUT2D eigenvalue weighted by Crippen LogP contribution is 2.39. The Morgan fingerprint density at radius 2 is 2.00 bits per heavy atom. The molecule has 3 unspecified atom stereocenters. The molecule has 3 nitrogen and oxygen atoms in total. The first-order valence-electron chi connectivity index (χ1n) is 9.03. The quantitative estimate of drug-likeness (QED) is 0.813. The first kappa shape index (κ1) is 17.2. The van der Waals surface area contributed by atoms with Gasteiger partial charge >= 0.3 is 0 Å². The number of hydrogen-bond acceptors (Lipinski definition) is 3. The van der Waals surface area contributed by atoms with Crippen molar-refractivity contribution in [2.24, 2.45) is 11.3 Å². The number of rotatable bonds is 6. The molecular weight excluding hydrogens is 258 g/mol. The van der Waals surface area contributed by atoms with Crippen LogP contribution < -0.4 is 5.32 Å². The fourth-order valence-electron chi connectivity index (χ4n) is 4.50. The Morgan fingerprint density at radius 3 is 2.62 bits per heavy atom. The van der Waals surface area contributed by atoms with Gasteiger partial charge in [0, 0.05) is 25.2 Å². The molecule has 0 aromatic heterocycles. The summed E-state index contributed by atoms with van der Waals surface area (Å²) >= 11 is 0. The largest absolute Gasteiger partial charge is 0.314 e. The van der Waals surface area contributed by atoms with Crippen LogP contribution in [0.5, 0.6) is 0 Å². The summed E-state index contributed by atoms with van der Waals surface area (Å²) in [5.41, 5.74) is 0.529. The minimum atomic E-state index is 0.529. The molecule has 1 saturated heterocycles. The topological polar surface area (TPSA) is 18.5 Å². The zero-order valence-corrected chi connectivity index (χ0v) is 15.0. The van der Waals surface area contributed by atoms with Gasteiger partial charge in [-0.3, -0.25) is 0 Å². The molecular formula is C18H37N3. The zero-order chi connectivity index (χ0) is 15.5. The summed E-state index contributed by atoms with van der Waals surface area (Å²) < 4.78 is 0. The maximum Gasteiger partial charge on any atom is 0.0220 e. The summed E-state index contributed by atoms with van der Waals surface area (Å²) in [6.07, 6.45) is 6.85. The summed E-state index contributed by atoms with van der Waals surface area (Å²) in [7, 11) is 4.62. The summed E-state index contributed by atoms with van der Waals surface area (Å²) in [4.78, 5) is 5.14. The molecule has 3 heteroatoms. The van der Waals surface area contributed by atoms with E-state index in [1.807, 2.05) is 0 Å². The highest BCUT2D eigenvalue weighted by Gasteiger charge is 2.35. The van der Waals surface area contributed by atoms with Crippen molar-refractivity contribution >= 4 is 0 Å². The van der Waals surface area contributed by atoms with Crippen molar-refractivity contribution < 1.29 is 0 Å². The molecule has 0 radical (unpaired) electrons. The fourth-order valence-corrected chi connectivity index (χ4v) is 4.50. The molecule has 2 fully saturated rings. The molecule has 0 bridgehead atoms. The predicted octanol–water partition coefficient (Wildman–Crippen LogP) is 2.82. The Morgan fingerprint density at radius 1 is 1.24 bits per heavy atom. The normalized spacial score (nSPS) is 33.7. The molecule has 21 heavy (non-hydrogen) atoms. The Bertz CT molecular complexity index is 316. The van der Waals surface area contributed by atoms with E-state index in [2.05, 4.69) is 50.0 Å². The van der Waals surface area contributed by atoms with Crippen LogP contribution in [0.4, 0.5) is 0 Å². The van der Waals surface area contributed by atoms with Gasteiger partial charge in [0.25, 0.3) is 0 Å². The number of likely N-dealkylation sites (tertiary alicyclic amines) is 1. The van der Waals surface area contributed by atoms with Crippen LogP contribution in [0.15, 0.2) is 0 Å². The SMILES string of the molecule is CCNC1CCC(C)(C)CC1CN(C)CC1CCCN1C. The van der Waals surface area contributed by atoms with E-state index in [1.165, 1.54) is 51.7 Å². The van der Waals surface area contributed by atoms with Crippen LogP contribution in [-0.4, -0.2) is 62.2 Å². The summed E-state index contributed by atoms with van der Waals surface area (Å²) in [6.45, 7) is 12.0. The van der Waals surface area contributed by atoms with E-state index in [-0.39, 0.29) is 0 Å². The van der Waals surface area contributed by atoms with Gasteiger partial charge in [-0.1, -0.05) is 20.8 Å². The van der Waals surface area contributed by atoms with E-state index in [0.717, 1.165) is 24.5 Å². The van der Waals surface area contributed by atoms with E-state index in [1.54, 1.807) is 0 Å². The van der Waals surface area contributed by atoms with Gasteiger partial charge in [0.2, 0.25) is 0 Å². The summed E-state index contributed by atoms with van der Waals surface area (Å²) in [5, 5.41) is 3.74. The van der Waals surface area contributed by atoms with Gasteiger partial charge in [0.15, 0.2) is 0 Å². The monoisotopic (exact) mass is 295 g/mol. The molecule has 124 valence electrons. The highest BCUT2D eigenvalue weighted by atomic mass is 15.2. The second kappa shape index (κ2) is 7.43. The molecule has 1 aliphatic heterocycles. The van der Waals surface area contributed by atoms with E-state index in [9.17, 15) is 0 Å². The molecule has 2 aliphatic rings. The third-order valence-corrected chi connectivity index (χ3v) is 5.72. The van der Waals surface area contributed by atoms with Crippen molar-refractivity contribution in [1.82, 2.24) is 15.1 Å². The molecule has 1 saturated carbocycles. The molecule has 2 rings (SSSR count). The number of hydrogen-bond donors (Lipinski definition) is 1. The van der Waals surface area contributed by atoms with Crippen molar-refractivity contribution in [3.8, 4) is 0 Å². The van der Waals surface area contributed by atoms with Gasteiger partial charge in [-0.15, -0.1) is 0 Å². The average molecular weight is 296 g/mol. The van der Waals surface area contributed by atoms with Crippen LogP contribution in [0.3, 0.4) is 0 Å². The molecule has 0 spiro atoms. The third kappa shape index (κ3) is 4.94. The smallest absolute Gasteiger partial charge is 0.0220 e. The van der Waals surface area contributed by atoms with Crippen molar-refractivity contribution in [3.05, 3.63) is 0 Å². The predicted molar refractivity (Wildman–Crippen MR) is 91.7 cm³/mol. The van der Waals surface area contributed by atoms with Crippen molar-refractivity contribution in [3.63, 3.8) is 0 Å². The van der Waals surface area contributed by atoms with E-state index in [0.29, 0.717) is 5.41 Å². The van der Waals surface area contributed by atoms with Crippen LogP contribution in [0.25, 0.3) is 0 Å². The number of nitrogens with zero attached hydrogens (tertiary/aromatic N) is 2. The van der Waals surface area contributed by atoms with Crippen LogP contribution in [0.1, 0.15) is 52.9 Å². The van der Waals surface area contributed by atoms with Gasteiger partial charge in [0.05, 0.1) is 0 Å². The summed E-state index contributed by atoms with van der Waals surface area (Å²) in [5.74, 6) is 0.811. The highest BCUT2D eigenvalue weighted by molar-refractivity contribution is 4.90. The lowest BCUT2D eigenvalue weighted by molar-refractivity contribution is 0.101. The standard InChI is InChI=1S/C18H37N3/c1-6-19-17-9-10-18(2,3)12-15(17)13-20(4)14-16-8-7-11-21(16)5/h15-17,19H,6-14H2,1-5H3. The Labute approximate surface area is 132 Å². The maximum atomic E-state index is 3.74.